The van der Waals surface area contributed by atoms with Crippen LogP contribution >= 0.6 is 0 Å². The van der Waals surface area contributed by atoms with Crippen molar-refractivity contribution in [3.63, 3.8) is 0 Å². The van der Waals surface area contributed by atoms with Crippen LogP contribution in [0.25, 0.3) is 0 Å². The molecule has 0 bridgehead atoms. The maximum Gasteiger partial charge on any atom is 0.224 e. The van der Waals surface area contributed by atoms with Gasteiger partial charge in [0.25, 0.3) is 0 Å². The lowest BCUT2D eigenvalue weighted by atomic mass is 10.1. The van der Waals surface area contributed by atoms with E-state index in [0.717, 1.165) is 31.9 Å². The Kier molecular flexibility index (Phi) is 6.95. The highest BCUT2D eigenvalue weighted by atomic mass is 16.5. The van der Waals surface area contributed by atoms with Crippen molar-refractivity contribution in [2.24, 2.45) is 7.05 Å². The quantitative estimate of drug-likeness (QED) is 0.748. The monoisotopic (exact) mass is 387 g/mol. The fourth-order valence-electron chi connectivity index (χ4n) is 3.58. The lowest BCUT2D eigenvalue weighted by Crippen LogP contribution is -2.44. The summed E-state index contributed by atoms with van der Waals surface area (Å²) < 4.78 is 18.2. The summed E-state index contributed by atoms with van der Waals surface area (Å²) in [7, 11) is 5.22. The van der Waals surface area contributed by atoms with Gasteiger partial charge in [-0.05, 0) is 29.8 Å². The number of hydrogen-bond acceptors (Lipinski definition) is 5. The number of aromatic nitrogens is 1. The van der Waals surface area contributed by atoms with Gasteiger partial charge in [-0.1, -0.05) is 6.07 Å². The smallest absolute Gasteiger partial charge is 0.224 e. The van der Waals surface area contributed by atoms with Crippen LogP contribution in [0.2, 0.25) is 0 Å². The molecule has 1 atom stereocenters. The Morgan fingerprint density at radius 3 is 2.57 bits per heavy atom. The number of nitrogens with zero attached hydrogens (tertiary/aromatic N) is 2. The maximum absolute atomic E-state index is 12.6. The number of amides is 1. The van der Waals surface area contributed by atoms with E-state index in [0.29, 0.717) is 24.5 Å². The molecule has 1 aliphatic heterocycles. The predicted octanol–water partition coefficient (Wildman–Crippen LogP) is 1.77. The first-order valence-corrected chi connectivity index (χ1v) is 9.53. The molecule has 1 aromatic carbocycles. The number of morpholine rings is 1. The van der Waals surface area contributed by atoms with E-state index in [1.54, 1.807) is 14.2 Å². The van der Waals surface area contributed by atoms with Crippen LogP contribution in [-0.2, 0) is 23.0 Å². The van der Waals surface area contributed by atoms with Crippen LogP contribution in [0.1, 0.15) is 17.3 Å². The van der Waals surface area contributed by atoms with Gasteiger partial charge < -0.3 is 24.1 Å². The van der Waals surface area contributed by atoms with Crippen molar-refractivity contribution < 1.29 is 19.0 Å². The normalized spacial score (nSPS) is 15.8. The number of aryl methyl sites for hydroxylation is 1. The fraction of sp³-hybridized carbons (Fsp3) is 0.476. The van der Waals surface area contributed by atoms with Gasteiger partial charge in [-0.15, -0.1) is 0 Å². The van der Waals surface area contributed by atoms with Crippen molar-refractivity contribution in [3.05, 3.63) is 47.8 Å². The van der Waals surface area contributed by atoms with Crippen molar-refractivity contribution in [2.45, 2.75) is 12.5 Å². The second-order valence-electron chi connectivity index (χ2n) is 6.88. The number of hydrogen-bond donors (Lipinski definition) is 1. The highest BCUT2D eigenvalue weighted by molar-refractivity contribution is 5.78. The third-order valence-corrected chi connectivity index (χ3v) is 5.12. The molecule has 2 heterocycles. The Bertz CT molecular complexity index is 784. The van der Waals surface area contributed by atoms with Crippen molar-refractivity contribution >= 4 is 5.91 Å². The average Bonchev–Trinajstić information content (AvgIpc) is 3.14. The lowest BCUT2D eigenvalue weighted by Gasteiger charge is -2.35. The van der Waals surface area contributed by atoms with E-state index in [2.05, 4.69) is 20.9 Å². The molecule has 28 heavy (non-hydrogen) atoms. The van der Waals surface area contributed by atoms with Gasteiger partial charge in [0.1, 0.15) is 0 Å². The SMILES string of the molecule is COc1ccc(CC(=O)NCC(c2cccn2C)N2CCOCC2)cc1OC. The number of benzene rings is 1. The van der Waals surface area contributed by atoms with Crippen molar-refractivity contribution in [1.82, 2.24) is 14.8 Å². The van der Waals surface area contributed by atoms with Crippen molar-refractivity contribution in [2.75, 3.05) is 47.1 Å². The Morgan fingerprint density at radius 2 is 1.93 bits per heavy atom. The molecule has 1 amide bonds. The van der Waals surface area contributed by atoms with E-state index in [9.17, 15) is 4.79 Å². The number of ether oxygens (including phenoxy) is 3. The third kappa shape index (κ3) is 4.85. The zero-order valence-electron chi connectivity index (χ0n) is 16.8. The zero-order chi connectivity index (χ0) is 19.9. The first-order chi connectivity index (χ1) is 13.6. The molecule has 0 spiro atoms. The van der Waals surface area contributed by atoms with Crippen LogP contribution in [0.15, 0.2) is 36.5 Å². The first kappa shape index (κ1) is 20.2. The highest BCUT2D eigenvalue weighted by Gasteiger charge is 2.25. The number of rotatable bonds is 8. The second kappa shape index (κ2) is 9.61. The van der Waals surface area contributed by atoms with Gasteiger partial charge >= 0.3 is 0 Å². The Labute approximate surface area is 166 Å². The summed E-state index contributed by atoms with van der Waals surface area (Å²) in [6.07, 6.45) is 2.33. The predicted molar refractivity (Wildman–Crippen MR) is 107 cm³/mol. The fourth-order valence-corrected chi connectivity index (χ4v) is 3.58. The molecule has 1 aromatic heterocycles. The summed E-state index contributed by atoms with van der Waals surface area (Å²) in [5.74, 6) is 1.27. The summed E-state index contributed by atoms with van der Waals surface area (Å²) in [5.41, 5.74) is 2.07. The number of methoxy groups -OCH3 is 2. The molecule has 0 aliphatic carbocycles. The third-order valence-electron chi connectivity index (χ3n) is 5.12. The minimum Gasteiger partial charge on any atom is -0.493 e. The van der Waals surface area contributed by atoms with Gasteiger partial charge in [-0.2, -0.15) is 0 Å². The Balaban J connectivity index is 1.64. The number of nitrogens with one attached hydrogen (secondary N) is 1. The summed E-state index contributed by atoms with van der Waals surface area (Å²) >= 11 is 0. The van der Waals surface area contributed by atoms with E-state index in [-0.39, 0.29) is 11.9 Å². The molecule has 1 fully saturated rings. The van der Waals surface area contributed by atoms with Crippen LogP contribution < -0.4 is 14.8 Å². The van der Waals surface area contributed by atoms with Gasteiger partial charge in [-0.25, -0.2) is 0 Å². The largest absolute Gasteiger partial charge is 0.493 e. The first-order valence-electron chi connectivity index (χ1n) is 9.53. The van der Waals surface area contributed by atoms with E-state index >= 15 is 0 Å². The van der Waals surface area contributed by atoms with Gasteiger partial charge in [0.15, 0.2) is 11.5 Å². The molecule has 1 unspecified atom stereocenters. The van der Waals surface area contributed by atoms with Gasteiger partial charge in [0.05, 0.1) is 39.9 Å². The van der Waals surface area contributed by atoms with Crippen molar-refractivity contribution in [3.8, 4) is 11.5 Å². The molecule has 1 aliphatic rings. The zero-order valence-corrected chi connectivity index (χ0v) is 16.8. The van der Waals surface area contributed by atoms with Crippen LogP contribution in [0.3, 0.4) is 0 Å². The molecule has 1 N–H and O–H groups in total. The summed E-state index contributed by atoms with van der Waals surface area (Å²) in [6, 6.07) is 9.82. The van der Waals surface area contributed by atoms with Crippen LogP contribution in [-0.4, -0.2) is 62.4 Å². The number of carbonyl (C=O) groups is 1. The van der Waals surface area contributed by atoms with Gasteiger partial charge in [0.2, 0.25) is 5.91 Å². The molecular formula is C21H29N3O4. The summed E-state index contributed by atoms with van der Waals surface area (Å²) in [6.45, 7) is 3.73. The maximum atomic E-state index is 12.6. The topological polar surface area (TPSA) is 65.0 Å². The molecule has 7 nitrogen and oxygen atoms in total. The van der Waals surface area contributed by atoms with E-state index in [1.165, 1.54) is 5.69 Å². The highest BCUT2D eigenvalue weighted by Crippen LogP contribution is 2.27. The molecule has 7 heteroatoms. The lowest BCUT2D eigenvalue weighted by molar-refractivity contribution is -0.120. The van der Waals surface area contributed by atoms with Crippen LogP contribution in [0.5, 0.6) is 11.5 Å². The van der Waals surface area contributed by atoms with Gasteiger partial charge in [-0.3, -0.25) is 9.69 Å². The van der Waals surface area contributed by atoms with Crippen LogP contribution in [0, 0.1) is 0 Å². The summed E-state index contributed by atoms with van der Waals surface area (Å²) in [4.78, 5) is 14.9. The van der Waals surface area contributed by atoms with E-state index in [1.807, 2.05) is 37.5 Å². The molecule has 152 valence electrons. The standard InChI is InChI=1S/C21H29N3O4/c1-23-8-4-5-17(23)18(24-9-11-28-12-10-24)15-22-21(25)14-16-6-7-19(26-2)20(13-16)27-3/h4-8,13,18H,9-12,14-15H2,1-3H3,(H,22,25). The minimum atomic E-state index is -0.0142. The van der Waals surface area contributed by atoms with E-state index in [4.69, 9.17) is 14.2 Å². The summed E-state index contributed by atoms with van der Waals surface area (Å²) in [5, 5.41) is 3.10. The molecule has 2 aromatic rings. The Morgan fingerprint density at radius 1 is 1.18 bits per heavy atom. The van der Waals surface area contributed by atoms with Crippen molar-refractivity contribution in [1.29, 1.82) is 0 Å². The molecular weight excluding hydrogens is 358 g/mol. The van der Waals surface area contributed by atoms with E-state index < -0.39 is 0 Å². The Hall–Kier alpha value is -2.51. The number of carbonyl (C=O) groups excluding carboxylic acids is 1. The minimum absolute atomic E-state index is 0.0142. The molecule has 0 radical (unpaired) electrons. The second-order valence-corrected chi connectivity index (χ2v) is 6.88. The molecule has 0 saturated carbocycles. The molecule has 3 rings (SSSR count). The average molecular weight is 387 g/mol. The van der Waals surface area contributed by atoms with Gasteiger partial charge in [0, 0.05) is 38.6 Å². The molecule has 1 saturated heterocycles. The van der Waals surface area contributed by atoms with Crippen LogP contribution in [0.4, 0.5) is 0 Å².